The van der Waals surface area contributed by atoms with Crippen LogP contribution in [0.15, 0.2) is 48.5 Å². The molecule has 5 heteroatoms. The van der Waals surface area contributed by atoms with Crippen molar-refractivity contribution in [3.05, 3.63) is 54.1 Å². The van der Waals surface area contributed by atoms with Crippen LogP contribution in [-0.2, 0) is 15.0 Å². The van der Waals surface area contributed by atoms with Crippen molar-refractivity contribution in [2.24, 2.45) is 5.92 Å². The minimum absolute atomic E-state index is 0.0681. The van der Waals surface area contributed by atoms with Crippen molar-refractivity contribution in [3.8, 4) is 5.75 Å². The number of rotatable bonds is 6. The van der Waals surface area contributed by atoms with Gasteiger partial charge in [0.1, 0.15) is 5.75 Å². The highest BCUT2D eigenvalue weighted by Crippen LogP contribution is 2.26. The van der Waals surface area contributed by atoms with E-state index in [9.17, 15) is 9.59 Å². The Hall–Kier alpha value is -2.82. The molecule has 0 aliphatic heterocycles. The second kappa shape index (κ2) is 9.99. The molecule has 0 saturated heterocycles. The maximum absolute atomic E-state index is 12.6. The summed E-state index contributed by atoms with van der Waals surface area (Å²) in [6.45, 7) is 8.20. The molecule has 0 radical (unpaired) electrons. The van der Waals surface area contributed by atoms with E-state index >= 15 is 0 Å². The molecule has 2 aromatic rings. The molecule has 2 amide bonds. The minimum atomic E-state index is -0.652. The number of anilines is 2. The molecule has 0 bridgehead atoms. The molecule has 1 unspecified atom stereocenters. The van der Waals surface area contributed by atoms with Gasteiger partial charge in [-0.3, -0.25) is 9.59 Å². The summed E-state index contributed by atoms with van der Waals surface area (Å²) in [5.41, 5.74) is 2.60. The highest BCUT2D eigenvalue weighted by molar-refractivity contribution is 5.96. The van der Waals surface area contributed by atoms with Crippen LogP contribution in [0, 0.1) is 5.92 Å². The predicted octanol–water partition coefficient (Wildman–Crippen LogP) is 5.91. The average molecular weight is 423 g/mol. The summed E-state index contributed by atoms with van der Waals surface area (Å²) in [6.07, 6.45) is 4.70. The van der Waals surface area contributed by atoms with Crippen LogP contribution >= 0.6 is 0 Å². The molecule has 0 spiro atoms. The van der Waals surface area contributed by atoms with Gasteiger partial charge in [0.25, 0.3) is 5.91 Å². The Morgan fingerprint density at radius 3 is 2.16 bits per heavy atom. The van der Waals surface area contributed by atoms with E-state index in [-0.39, 0.29) is 23.1 Å². The monoisotopic (exact) mass is 422 g/mol. The Balaban J connectivity index is 1.55. The molecule has 1 aliphatic rings. The van der Waals surface area contributed by atoms with E-state index in [0.29, 0.717) is 17.1 Å². The van der Waals surface area contributed by atoms with Crippen LogP contribution < -0.4 is 15.4 Å². The molecule has 0 aromatic heterocycles. The average Bonchev–Trinajstić information content (AvgIpc) is 2.74. The largest absolute Gasteiger partial charge is 0.481 e. The first-order valence-electron chi connectivity index (χ1n) is 11.2. The van der Waals surface area contributed by atoms with Gasteiger partial charge in [-0.2, -0.15) is 0 Å². The molecule has 2 aromatic carbocycles. The highest BCUT2D eigenvalue weighted by Gasteiger charge is 2.21. The van der Waals surface area contributed by atoms with Crippen LogP contribution in [0.5, 0.6) is 5.75 Å². The van der Waals surface area contributed by atoms with Crippen molar-refractivity contribution in [2.75, 3.05) is 10.6 Å². The maximum atomic E-state index is 12.6. The fourth-order valence-corrected chi connectivity index (χ4v) is 3.82. The molecule has 3 rings (SSSR count). The van der Waals surface area contributed by atoms with Crippen LogP contribution in [0.25, 0.3) is 0 Å². The lowest BCUT2D eigenvalue weighted by molar-refractivity contribution is -0.122. The summed E-state index contributed by atoms with van der Waals surface area (Å²) in [4.78, 5) is 25.1. The first kappa shape index (κ1) is 22.9. The van der Waals surface area contributed by atoms with Gasteiger partial charge in [0.15, 0.2) is 6.10 Å². The van der Waals surface area contributed by atoms with Crippen molar-refractivity contribution in [1.29, 1.82) is 0 Å². The molecular weight excluding hydrogens is 388 g/mol. The third-order valence-electron chi connectivity index (χ3n) is 5.78. The molecule has 1 atom stereocenters. The number of hydrogen-bond donors (Lipinski definition) is 2. The number of ether oxygens (including phenoxy) is 1. The summed E-state index contributed by atoms with van der Waals surface area (Å²) in [5, 5.41) is 5.87. The molecule has 1 saturated carbocycles. The van der Waals surface area contributed by atoms with Gasteiger partial charge in [0, 0.05) is 17.3 Å². The molecule has 1 fully saturated rings. The van der Waals surface area contributed by atoms with Gasteiger partial charge in [0.2, 0.25) is 5.91 Å². The van der Waals surface area contributed by atoms with Gasteiger partial charge in [-0.25, -0.2) is 0 Å². The van der Waals surface area contributed by atoms with Gasteiger partial charge >= 0.3 is 0 Å². The lowest BCUT2D eigenvalue weighted by atomic mass is 9.87. The van der Waals surface area contributed by atoms with Gasteiger partial charge in [-0.15, -0.1) is 0 Å². The fourth-order valence-electron chi connectivity index (χ4n) is 3.82. The lowest BCUT2D eigenvalue weighted by Gasteiger charge is -2.21. The van der Waals surface area contributed by atoms with Gasteiger partial charge in [-0.1, -0.05) is 58.2 Å². The molecule has 0 heterocycles. The SMILES string of the molecule is CC(Oc1ccc(C(C)(C)C)cc1)C(=O)Nc1cccc(NC(=O)C2CCCCC2)c1. The van der Waals surface area contributed by atoms with Crippen molar-refractivity contribution in [2.45, 2.75) is 71.3 Å². The number of carbonyl (C=O) groups excluding carboxylic acids is 2. The molecule has 166 valence electrons. The van der Waals surface area contributed by atoms with E-state index in [0.717, 1.165) is 25.7 Å². The second-order valence-electron chi connectivity index (χ2n) is 9.43. The van der Waals surface area contributed by atoms with E-state index in [1.54, 1.807) is 19.1 Å². The standard InChI is InChI=1S/C26H34N2O3/c1-18(31-23-15-13-20(14-16-23)26(2,3)4)24(29)27-21-11-8-12-22(17-21)28-25(30)19-9-6-5-7-10-19/h8,11-19H,5-7,9-10H2,1-4H3,(H,27,29)(H,28,30). The Morgan fingerprint density at radius 1 is 0.935 bits per heavy atom. The smallest absolute Gasteiger partial charge is 0.265 e. The first-order chi connectivity index (χ1) is 14.7. The van der Waals surface area contributed by atoms with Crippen molar-refractivity contribution >= 4 is 23.2 Å². The van der Waals surface area contributed by atoms with E-state index in [2.05, 4.69) is 31.4 Å². The van der Waals surface area contributed by atoms with E-state index in [1.807, 2.05) is 36.4 Å². The Bertz CT molecular complexity index is 894. The van der Waals surface area contributed by atoms with E-state index in [1.165, 1.54) is 12.0 Å². The summed E-state index contributed by atoms with van der Waals surface area (Å²) < 4.78 is 5.81. The predicted molar refractivity (Wildman–Crippen MR) is 126 cm³/mol. The van der Waals surface area contributed by atoms with Crippen molar-refractivity contribution in [1.82, 2.24) is 0 Å². The van der Waals surface area contributed by atoms with Crippen LogP contribution in [0.1, 0.15) is 65.4 Å². The fraction of sp³-hybridized carbons (Fsp3) is 0.462. The Kier molecular flexibility index (Phi) is 7.37. The molecular formula is C26H34N2O3. The summed E-state index contributed by atoms with van der Waals surface area (Å²) in [6, 6.07) is 15.1. The molecule has 2 N–H and O–H groups in total. The van der Waals surface area contributed by atoms with Gasteiger partial charge in [-0.05, 0) is 61.1 Å². The first-order valence-corrected chi connectivity index (χ1v) is 11.2. The zero-order valence-electron chi connectivity index (χ0n) is 19.0. The zero-order chi connectivity index (χ0) is 22.4. The topological polar surface area (TPSA) is 67.4 Å². The number of nitrogens with one attached hydrogen (secondary N) is 2. The van der Waals surface area contributed by atoms with Crippen molar-refractivity contribution < 1.29 is 14.3 Å². The van der Waals surface area contributed by atoms with E-state index in [4.69, 9.17) is 4.74 Å². The summed E-state index contributed by atoms with van der Waals surface area (Å²) in [5.74, 6) is 0.573. The van der Waals surface area contributed by atoms with Crippen molar-refractivity contribution in [3.63, 3.8) is 0 Å². The lowest BCUT2D eigenvalue weighted by Crippen LogP contribution is -2.30. The van der Waals surface area contributed by atoms with Crippen LogP contribution in [0.3, 0.4) is 0 Å². The molecule has 1 aliphatic carbocycles. The number of hydrogen-bond acceptors (Lipinski definition) is 3. The van der Waals surface area contributed by atoms with Crippen LogP contribution in [0.2, 0.25) is 0 Å². The van der Waals surface area contributed by atoms with Gasteiger partial charge in [0.05, 0.1) is 0 Å². The summed E-state index contributed by atoms with van der Waals surface area (Å²) >= 11 is 0. The van der Waals surface area contributed by atoms with Crippen LogP contribution in [-0.4, -0.2) is 17.9 Å². The summed E-state index contributed by atoms with van der Waals surface area (Å²) in [7, 11) is 0. The Morgan fingerprint density at radius 2 is 1.55 bits per heavy atom. The number of carbonyl (C=O) groups is 2. The number of amides is 2. The highest BCUT2D eigenvalue weighted by atomic mass is 16.5. The Labute approximate surface area is 185 Å². The number of benzene rings is 2. The third kappa shape index (κ3) is 6.58. The normalized spacial score (nSPS) is 15.7. The van der Waals surface area contributed by atoms with E-state index < -0.39 is 6.10 Å². The third-order valence-corrected chi connectivity index (χ3v) is 5.78. The molecule has 31 heavy (non-hydrogen) atoms. The minimum Gasteiger partial charge on any atom is -0.481 e. The molecule has 5 nitrogen and oxygen atoms in total. The quantitative estimate of drug-likeness (QED) is 0.608. The maximum Gasteiger partial charge on any atom is 0.265 e. The van der Waals surface area contributed by atoms with Gasteiger partial charge < -0.3 is 15.4 Å². The second-order valence-corrected chi connectivity index (χ2v) is 9.43. The van der Waals surface area contributed by atoms with Crippen LogP contribution in [0.4, 0.5) is 11.4 Å². The zero-order valence-corrected chi connectivity index (χ0v) is 19.0.